The first-order valence-corrected chi connectivity index (χ1v) is 7.87. The van der Waals surface area contributed by atoms with E-state index < -0.39 is 0 Å². The number of hydrogen-bond donors (Lipinski definition) is 2. The molecule has 0 atom stereocenters. The summed E-state index contributed by atoms with van der Waals surface area (Å²) in [6, 6.07) is 24.1. The van der Waals surface area contributed by atoms with Gasteiger partial charge in [0.25, 0.3) is 0 Å². The van der Waals surface area contributed by atoms with E-state index in [0.717, 1.165) is 16.7 Å². The monoisotopic (exact) mass is 329 g/mol. The Morgan fingerprint density at radius 3 is 1.92 bits per heavy atom. The van der Waals surface area contributed by atoms with Crippen LogP contribution in [0, 0.1) is 0 Å². The second-order valence-corrected chi connectivity index (χ2v) is 5.67. The number of benzene rings is 3. The molecule has 0 radical (unpaired) electrons. The van der Waals surface area contributed by atoms with Gasteiger partial charge < -0.3 is 14.7 Å². The van der Waals surface area contributed by atoms with Crippen molar-refractivity contribution in [3.05, 3.63) is 78.9 Å². The van der Waals surface area contributed by atoms with Crippen LogP contribution in [0.15, 0.2) is 83.4 Å². The first-order chi connectivity index (χ1) is 12.2. The Kier molecular flexibility index (Phi) is 3.71. The van der Waals surface area contributed by atoms with Crippen LogP contribution in [0.2, 0.25) is 0 Å². The average Bonchev–Trinajstić information content (AvgIpc) is 3.10. The summed E-state index contributed by atoms with van der Waals surface area (Å²) in [5, 5.41) is 23.8. The van der Waals surface area contributed by atoms with Gasteiger partial charge in [0, 0.05) is 11.1 Å². The summed E-state index contributed by atoms with van der Waals surface area (Å²) in [6.07, 6.45) is 0. The molecule has 0 spiro atoms. The lowest BCUT2D eigenvalue weighted by molar-refractivity contribution is 0.404. The molecule has 0 saturated heterocycles. The van der Waals surface area contributed by atoms with Crippen LogP contribution in [0.3, 0.4) is 0 Å². The maximum atomic E-state index is 9.92. The molecule has 0 aliphatic heterocycles. The highest BCUT2D eigenvalue weighted by Crippen LogP contribution is 2.41. The Hall–Kier alpha value is -3.53. The summed E-state index contributed by atoms with van der Waals surface area (Å²) in [5.74, 6) is 0.268. The quantitative estimate of drug-likeness (QED) is 0.514. The molecule has 4 heteroatoms. The lowest BCUT2D eigenvalue weighted by atomic mass is 9.96. The molecule has 0 aliphatic rings. The third-order valence-electron chi connectivity index (χ3n) is 4.04. The molecule has 0 aliphatic carbocycles. The van der Waals surface area contributed by atoms with Crippen molar-refractivity contribution in [1.29, 1.82) is 0 Å². The van der Waals surface area contributed by atoms with Crippen LogP contribution in [0.4, 0.5) is 0 Å². The molecule has 0 unspecified atom stereocenters. The largest absolute Gasteiger partial charge is 0.504 e. The second kappa shape index (κ2) is 6.17. The van der Waals surface area contributed by atoms with E-state index in [-0.39, 0.29) is 11.5 Å². The molecule has 25 heavy (non-hydrogen) atoms. The number of aromatic nitrogens is 1. The summed E-state index contributed by atoms with van der Waals surface area (Å²) >= 11 is 0. The van der Waals surface area contributed by atoms with Crippen molar-refractivity contribution in [2.75, 3.05) is 0 Å². The van der Waals surface area contributed by atoms with Crippen molar-refractivity contribution in [1.82, 2.24) is 5.16 Å². The molecule has 0 amide bonds. The van der Waals surface area contributed by atoms with E-state index in [1.165, 1.54) is 12.1 Å². The molecular formula is C21H15NO3. The van der Waals surface area contributed by atoms with Crippen LogP contribution in [0.1, 0.15) is 0 Å². The number of aromatic hydroxyl groups is 2. The molecule has 122 valence electrons. The highest BCUT2D eigenvalue weighted by Gasteiger charge is 2.21. The highest BCUT2D eigenvalue weighted by atomic mass is 16.5. The Bertz CT molecular complexity index is 951. The number of phenols is 2. The molecule has 0 fully saturated rings. The number of rotatable bonds is 3. The van der Waals surface area contributed by atoms with Crippen LogP contribution in [0.5, 0.6) is 11.5 Å². The molecule has 4 aromatic rings. The normalized spacial score (nSPS) is 10.7. The molecule has 0 saturated carbocycles. The van der Waals surface area contributed by atoms with Gasteiger partial charge in [0.1, 0.15) is 5.69 Å². The first kappa shape index (κ1) is 15.0. The van der Waals surface area contributed by atoms with Gasteiger partial charge in [0.15, 0.2) is 17.3 Å². The molecule has 3 aromatic carbocycles. The van der Waals surface area contributed by atoms with Crippen molar-refractivity contribution in [3.8, 4) is 45.2 Å². The van der Waals surface area contributed by atoms with E-state index >= 15 is 0 Å². The maximum absolute atomic E-state index is 9.92. The van der Waals surface area contributed by atoms with Crippen molar-refractivity contribution in [2.24, 2.45) is 0 Å². The zero-order chi connectivity index (χ0) is 17.2. The molecule has 4 rings (SSSR count). The molecule has 1 aromatic heterocycles. The fourth-order valence-electron chi connectivity index (χ4n) is 2.82. The topological polar surface area (TPSA) is 66.5 Å². The summed E-state index contributed by atoms with van der Waals surface area (Å²) in [4.78, 5) is 0. The standard InChI is InChI=1S/C21H15NO3/c23-17-12-11-16(13-18(17)24)19-20(14-7-3-1-4-8-14)22-25-21(19)15-9-5-2-6-10-15/h1-13,23-24H. The number of nitrogens with zero attached hydrogens (tertiary/aromatic N) is 1. The minimum absolute atomic E-state index is 0.164. The van der Waals surface area contributed by atoms with Crippen LogP contribution < -0.4 is 0 Å². The average molecular weight is 329 g/mol. The van der Waals surface area contributed by atoms with Gasteiger partial charge in [-0.2, -0.15) is 0 Å². The molecule has 4 nitrogen and oxygen atoms in total. The minimum atomic E-state index is -0.184. The second-order valence-electron chi connectivity index (χ2n) is 5.67. The Balaban J connectivity index is 1.98. The summed E-state index contributed by atoms with van der Waals surface area (Å²) < 4.78 is 5.67. The molecule has 2 N–H and O–H groups in total. The molecular weight excluding hydrogens is 314 g/mol. The third-order valence-corrected chi connectivity index (χ3v) is 4.04. The van der Waals surface area contributed by atoms with Gasteiger partial charge in [-0.05, 0) is 17.7 Å². The SMILES string of the molecule is Oc1ccc(-c2c(-c3ccccc3)noc2-c2ccccc2)cc1O. The maximum Gasteiger partial charge on any atom is 0.175 e. The van der Waals surface area contributed by atoms with E-state index in [1.54, 1.807) is 6.07 Å². The molecule has 1 heterocycles. The van der Waals surface area contributed by atoms with Gasteiger partial charge in [-0.3, -0.25) is 0 Å². The van der Waals surface area contributed by atoms with Gasteiger partial charge in [-0.15, -0.1) is 0 Å². The fraction of sp³-hybridized carbons (Fsp3) is 0. The van der Waals surface area contributed by atoms with E-state index in [2.05, 4.69) is 5.16 Å². The number of phenolic OH excluding ortho intramolecular Hbond substituents is 2. The zero-order valence-corrected chi connectivity index (χ0v) is 13.3. The Labute approximate surface area is 144 Å². The first-order valence-electron chi connectivity index (χ1n) is 7.87. The fourth-order valence-corrected chi connectivity index (χ4v) is 2.82. The summed E-state index contributed by atoms with van der Waals surface area (Å²) in [7, 11) is 0. The molecule has 0 bridgehead atoms. The van der Waals surface area contributed by atoms with Crippen molar-refractivity contribution in [3.63, 3.8) is 0 Å². The summed E-state index contributed by atoms with van der Waals surface area (Å²) in [6.45, 7) is 0. The van der Waals surface area contributed by atoms with Crippen LogP contribution in [-0.2, 0) is 0 Å². The van der Waals surface area contributed by atoms with Crippen LogP contribution in [-0.4, -0.2) is 15.4 Å². The number of hydrogen-bond acceptors (Lipinski definition) is 4. The lowest BCUT2D eigenvalue weighted by Crippen LogP contribution is -1.85. The van der Waals surface area contributed by atoms with E-state index in [0.29, 0.717) is 17.0 Å². The van der Waals surface area contributed by atoms with Crippen LogP contribution >= 0.6 is 0 Å². The third kappa shape index (κ3) is 2.74. The summed E-state index contributed by atoms with van der Waals surface area (Å²) in [5.41, 5.74) is 3.97. The van der Waals surface area contributed by atoms with Gasteiger partial charge >= 0.3 is 0 Å². The zero-order valence-electron chi connectivity index (χ0n) is 13.3. The Morgan fingerprint density at radius 1 is 0.640 bits per heavy atom. The minimum Gasteiger partial charge on any atom is -0.504 e. The lowest BCUT2D eigenvalue weighted by Gasteiger charge is -2.07. The van der Waals surface area contributed by atoms with Crippen LogP contribution in [0.25, 0.3) is 33.7 Å². The van der Waals surface area contributed by atoms with Crippen molar-refractivity contribution < 1.29 is 14.7 Å². The van der Waals surface area contributed by atoms with Crippen molar-refractivity contribution in [2.45, 2.75) is 0 Å². The van der Waals surface area contributed by atoms with E-state index in [9.17, 15) is 10.2 Å². The van der Waals surface area contributed by atoms with Crippen molar-refractivity contribution >= 4 is 0 Å². The predicted octanol–water partition coefficient (Wildman–Crippen LogP) is 5.09. The predicted molar refractivity (Wildman–Crippen MR) is 96.1 cm³/mol. The van der Waals surface area contributed by atoms with E-state index in [1.807, 2.05) is 60.7 Å². The smallest absolute Gasteiger partial charge is 0.175 e. The van der Waals surface area contributed by atoms with Gasteiger partial charge in [0.2, 0.25) is 0 Å². The van der Waals surface area contributed by atoms with Gasteiger partial charge in [0.05, 0.1) is 5.56 Å². The van der Waals surface area contributed by atoms with Gasteiger partial charge in [-0.25, -0.2) is 0 Å². The van der Waals surface area contributed by atoms with E-state index in [4.69, 9.17) is 4.52 Å². The Morgan fingerprint density at radius 2 is 1.28 bits per heavy atom. The highest BCUT2D eigenvalue weighted by molar-refractivity contribution is 5.90. The van der Waals surface area contributed by atoms with Gasteiger partial charge in [-0.1, -0.05) is 71.9 Å².